The summed E-state index contributed by atoms with van der Waals surface area (Å²) >= 11 is 0. The molecule has 0 radical (unpaired) electrons. The molecule has 6 N–H and O–H groups in total. The molecule has 0 aromatic heterocycles. The zero-order valence-electron chi connectivity index (χ0n) is 24.9. The summed E-state index contributed by atoms with van der Waals surface area (Å²) in [6.07, 6.45) is 4.13. The molecule has 1 aliphatic heterocycles. The van der Waals surface area contributed by atoms with Gasteiger partial charge in [-0.3, -0.25) is 18.2 Å². The van der Waals surface area contributed by atoms with Crippen molar-refractivity contribution in [3.8, 4) is 0 Å². The fourth-order valence-electron chi connectivity index (χ4n) is 5.15. The lowest BCUT2D eigenvalue weighted by atomic mass is 9.99. The van der Waals surface area contributed by atoms with Gasteiger partial charge in [0.05, 0.1) is 23.6 Å². The molecular formula is C31H49FN4O4S. The smallest absolute Gasteiger partial charge is 0.251 e. The van der Waals surface area contributed by atoms with Crippen molar-refractivity contribution in [3.63, 3.8) is 0 Å². The average Bonchev–Trinajstić information content (AvgIpc) is 2.91. The van der Waals surface area contributed by atoms with Gasteiger partial charge in [-0.25, -0.2) is 4.39 Å². The predicted octanol–water partition coefficient (Wildman–Crippen LogP) is 6.03. The summed E-state index contributed by atoms with van der Waals surface area (Å²) in [5.41, 5.74) is 2.26. The molecule has 2 aromatic carbocycles. The molecule has 8 nitrogen and oxygen atoms in total. The third kappa shape index (κ3) is 10.4. The molecule has 0 spiro atoms. The largest absolute Gasteiger partial charge is 0.390 e. The predicted molar refractivity (Wildman–Crippen MR) is 168 cm³/mol. The van der Waals surface area contributed by atoms with Gasteiger partial charge in [-0.15, -0.1) is 10.8 Å². The van der Waals surface area contributed by atoms with Crippen molar-refractivity contribution in [2.24, 2.45) is 5.92 Å². The van der Waals surface area contributed by atoms with Crippen molar-refractivity contribution in [2.75, 3.05) is 35.0 Å². The fourth-order valence-corrected chi connectivity index (χ4v) is 6.83. The topological polar surface area (TPSA) is 117 Å². The highest BCUT2D eigenvalue weighted by Gasteiger charge is 2.29. The van der Waals surface area contributed by atoms with Gasteiger partial charge in [-0.05, 0) is 81.3 Å². The standard InChI is InChI=1S/C31H49FN4O4S/c1-5-33-27-18-25(19-28(20-27)36-14-6-7-15-41(36,39)40)31(38)35-29(17-24-12-9-13-26(32)16-24)30(37)21-34-23(4)11-8-10-22(2)3/h9,12-13,16,18-20,22-23,29-30,33-34,37,39-40H,5-8,10-11,14-15,17,21H2,1-4H3,(H,35,38)/t23?,29-,30-/m0/s1. The van der Waals surface area contributed by atoms with Gasteiger partial charge in [-0.1, -0.05) is 38.8 Å². The zero-order chi connectivity index (χ0) is 30.0. The molecule has 0 aliphatic carbocycles. The second-order valence-corrected chi connectivity index (χ2v) is 13.7. The molecule has 3 rings (SSSR count). The second kappa shape index (κ2) is 15.7. The van der Waals surface area contributed by atoms with Crippen LogP contribution in [0.5, 0.6) is 0 Å². The maximum atomic E-state index is 14.0. The second-order valence-electron chi connectivity index (χ2n) is 11.6. The molecule has 0 bridgehead atoms. The monoisotopic (exact) mass is 592 g/mol. The van der Waals surface area contributed by atoms with Gasteiger partial charge >= 0.3 is 0 Å². The van der Waals surface area contributed by atoms with Crippen LogP contribution in [0.4, 0.5) is 15.8 Å². The van der Waals surface area contributed by atoms with Crippen LogP contribution in [0.3, 0.4) is 0 Å². The van der Waals surface area contributed by atoms with Crippen molar-refractivity contribution < 1.29 is 23.4 Å². The van der Waals surface area contributed by atoms with Crippen LogP contribution >= 0.6 is 10.8 Å². The number of amides is 1. The van der Waals surface area contributed by atoms with Crippen molar-refractivity contribution in [1.82, 2.24) is 10.6 Å². The van der Waals surface area contributed by atoms with Crippen LogP contribution in [0, 0.1) is 11.7 Å². The van der Waals surface area contributed by atoms with Gasteiger partial charge in [0.1, 0.15) is 5.82 Å². The van der Waals surface area contributed by atoms with E-state index in [-0.39, 0.29) is 24.8 Å². The van der Waals surface area contributed by atoms with Crippen molar-refractivity contribution in [3.05, 3.63) is 59.4 Å². The molecule has 1 saturated heterocycles. The Balaban J connectivity index is 1.80. The molecule has 3 atom stereocenters. The van der Waals surface area contributed by atoms with E-state index in [2.05, 4.69) is 36.7 Å². The first-order valence-corrected chi connectivity index (χ1v) is 16.5. The molecule has 0 saturated carbocycles. The van der Waals surface area contributed by atoms with E-state index in [1.807, 2.05) is 13.0 Å². The number of anilines is 2. The van der Waals surface area contributed by atoms with E-state index in [0.717, 1.165) is 32.1 Å². The molecule has 41 heavy (non-hydrogen) atoms. The Kier molecular flexibility index (Phi) is 12.7. The highest BCUT2D eigenvalue weighted by Crippen LogP contribution is 2.50. The van der Waals surface area contributed by atoms with Crippen molar-refractivity contribution in [1.29, 1.82) is 0 Å². The average molecular weight is 593 g/mol. The highest BCUT2D eigenvalue weighted by atomic mass is 32.3. The Bertz CT molecular complexity index is 1120. The molecule has 1 unspecified atom stereocenters. The Labute approximate surface area is 246 Å². The van der Waals surface area contributed by atoms with Gasteiger partial charge in [0, 0.05) is 36.9 Å². The maximum absolute atomic E-state index is 14.0. The number of halogens is 1. The number of rotatable bonds is 15. The molecular weight excluding hydrogens is 543 g/mol. The van der Waals surface area contributed by atoms with Crippen LogP contribution in [0.15, 0.2) is 42.5 Å². The number of hydrogen-bond donors (Lipinski definition) is 6. The summed E-state index contributed by atoms with van der Waals surface area (Å²) in [5.74, 6) is 0.171. The summed E-state index contributed by atoms with van der Waals surface area (Å²) < 4.78 is 37.0. The first-order chi connectivity index (χ1) is 19.5. The SMILES string of the molecule is CCNc1cc(C(=O)N[C@@H](Cc2cccc(F)c2)[C@@H](O)CNC(C)CCCC(C)C)cc(N2CCCCS2(O)O)c1. The molecule has 1 heterocycles. The van der Waals surface area contributed by atoms with Crippen LogP contribution < -0.4 is 20.3 Å². The number of nitrogens with zero attached hydrogens (tertiary/aromatic N) is 1. The zero-order valence-corrected chi connectivity index (χ0v) is 25.7. The van der Waals surface area contributed by atoms with Crippen LogP contribution in [-0.2, 0) is 6.42 Å². The van der Waals surface area contributed by atoms with E-state index in [1.165, 1.54) is 12.1 Å². The molecule has 2 aromatic rings. The van der Waals surface area contributed by atoms with E-state index >= 15 is 0 Å². The van der Waals surface area contributed by atoms with E-state index in [4.69, 9.17) is 0 Å². The minimum Gasteiger partial charge on any atom is -0.390 e. The van der Waals surface area contributed by atoms with Gasteiger partial charge in [0.25, 0.3) is 5.91 Å². The maximum Gasteiger partial charge on any atom is 0.251 e. The summed E-state index contributed by atoms with van der Waals surface area (Å²) in [5, 5.41) is 20.8. The normalized spacial score (nSPS) is 18.0. The highest BCUT2D eigenvalue weighted by molar-refractivity contribution is 8.25. The first-order valence-electron chi connectivity index (χ1n) is 14.9. The quantitative estimate of drug-likeness (QED) is 0.150. The molecule has 1 fully saturated rings. The van der Waals surface area contributed by atoms with Gasteiger partial charge in [0.2, 0.25) is 0 Å². The molecule has 1 aliphatic rings. The van der Waals surface area contributed by atoms with Crippen molar-refractivity contribution >= 4 is 28.1 Å². The Morgan fingerprint density at radius 2 is 1.88 bits per heavy atom. The first kappa shape index (κ1) is 33.1. The Morgan fingerprint density at radius 3 is 2.56 bits per heavy atom. The Morgan fingerprint density at radius 1 is 1.10 bits per heavy atom. The van der Waals surface area contributed by atoms with E-state index in [9.17, 15) is 23.4 Å². The molecule has 230 valence electrons. The fraction of sp³-hybridized carbons (Fsp3) is 0.581. The summed E-state index contributed by atoms with van der Waals surface area (Å²) in [4.78, 5) is 13.6. The summed E-state index contributed by atoms with van der Waals surface area (Å²) in [6.45, 7) is 9.84. The third-order valence-corrected chi connectivity index (χ3v) is 9.39. The van der Waals surface area contributed by atoms with Gasteiger partial charge < -0.3 is 21.1 Å². The minimum atomic E-state index is -2.97. The molecule has 10 heteroatoms. The lowest BCUT2D eigenvalue weighted by molar-refractivity contribution is 0.0825. The molecule has 1 amide bonds. The van der Waals surface area contributed by atoms with Crippen LogP contribution in [0.2, 0.25) is 0 Å². The van der Waals surface area contributed by atoms with Gasteiger partial charge in [-0.2, -0.15) is 0 Å². The number of carbonyl (C=O) groups is 1. The lowest BCUT2D eigenvalue weighted by Crippen LogP contribution is -2.49. The minimum absolute atomic E-state index is 0.206. The number of benzene rings is 2. The summed E-state index contributed by atoms with van der Waals surface area (Å²) in [7, 11) is -2.97. The van der Waals surface area contributed by atoms with Crippen LogP contribution in [0.25, 0.3) is 0 Å². The lowest BCUT2D eigenvalue weighted by Gasteiger charge is -2.47. The third-order valence-electron chi connectivity index (χ3n) is 7.45. The van der Waals surface area contributed by atoms with E-state index < -0.39 is 28.8 Å². The Hall–Kier alpha value is -2.37. The number of nitrogens with one attached hydrogen (secondary N) is 3. The van der Waals surface area contributed by atoms with Crippen LogP contribution in [-0.4, -0.2) is 63.7 Å². The van der Waals surface area contributed by atoms with Crippen LogP contribution in [0.1, 0.15) is 75.7 Å². The number of aliphatic hydroxyl groups excluding tert-OH is 1. The number of aliphatic hydroxyl groups is 1. The van der Waals surface area contributed by atoms with Crippen molar-refractivity contribution in [2.45, 2.75) is 84.4 Å². The number of hydrogen-bond acceptors (Lipinski definition) is 7. The van der Waals surface area contributed by atoms with E-state index in [0.29, 0.717) is 47.3 Å². The van der Waals surface area contributed by atoms with Gasteiger partial charge in [0.15, 0.2) is 0 Å². The number of carbonyl (C=O) groups excluding carboxylic acids is 1. The van der Waals surface area contributed by atoms with E-state index in [1.54, 1.807) is 28.6 Å². The summed E-state index contributed by atoms with van der Waals surface area (Å²) in [6, 6.07) is 10.9.